The highest BCUT2D eigenvalue weighted by molar-refractivity contribution is 7.88. The Morgan fingerprint density at radius 3 is 2.90 bits per heavy atom. The van der Waals surface area contributed by atoms with Crippen molar-refractivity contribution in [3.05, 3.63) is 35.4 Å². The van der Waals surface area contributed by atoms with Crippen molar-refractivity contribution in [1.29, 1.82) is 0 Å². The number of hydrogen-bond donors (Lipinski definition) is 2. The number of aromatic carboxylic acids is 1. The molecule has 0 spiro atoms. The number of sulfonamides is 1. The Morgan fingerprint density at radius 1 is 1.43 bits per heavy atom. The van der Waals surface area contributed by atoms with Crippen LogP contribution in [0.5, 0.6) is 0 Å². The first kappa shape index (κ1) is 15.9. The van der Waals surface area contributed by atoms with E-state index in [2.05, 4.69) is 4.72 Å². The second-order valence-corrected chi connectivity index (χ2v) is 6.98. The largest absolute Gasteiger partial charge is 0.478 e. The summed E-state index contributed by atoms with van der Waals surface area (Å²) >= 11 is 0. The van der Waals surface area contributed by atoms with Gasteiger partial charge in [-0.05, 0) is 36.5 Å². The topological polar surface area (TPSA) is 92.7 Å². The fourth-order valence-electron chi connectivity index (χ4n) is 2.29. The average Bonchev–Trinajstić information content (AvgIpc) is 2.91. The van der Waals surface area contributed by atoms with E-state index in [1.807, 2.05) is 0 Å². The summed E-state index contributed by atoms with van der Waals surface area (Å²) in [6.45, 7) is 1.83. The lowest BCUT2D eigenvalue weighted by Gasteiger charge is -2.10. The van der Waals surface area contributed by atoms with Crippen LogP contribution in [0.4, 0.5) is 0 Å². The van der Waals surface area contributed by atoms with Crippen molar-refractivity contribution < 1.29 is 23.1 Å². The number of nitrogens with one attached hydrogen (secondary N) is 1. The van der Waals surface area contributed by atoms with Gasteiger partial charge in [0.15, 0.2) is 0 Å². The van der Waals surface area contributed by atoms with E-state index in [-0.39, 0.29) is 11.3 Å². The summed E-state index contributed by atoms with van der Waals surface area (Å²) in [7, 11) is -3.45. The van der Waals surface area contributed by atoms with Crippen LogP contribution in [0.1, 0.15) is 28.8 Å². The van der Waals surface area contributed by atoms with Gasteiger partial charge in [-0.1, -0.05) is 12.1 Å². The lowest BCUT2D eigenvalue weighted by Crippen LogP contribution is -2.27. The molecule has 1 saturated heterocycles. The van der Waals surface area contributed by atoms with E-state index in [1.54, 1.807) is 12.1 Å². The van der Waals surface area contributed by atoms with Gasteiger partial charge < -0.3 is 9.84 Å². The summed E-state index contributed by atoms with van der Waals surface area (Å²) in [5, 5.41) is 8.89. The molecule has 1 aliphatic rings. The monoisotopic (exact) mass is 313 g/mol. The molecule has 1 fully saturated rings. The zero-order valence-corrected chi connectivity index (χ0v) is 12.4. The molecule has 116 valence electrons. The molecule has 1 aromatic rings. The Morgan fingerprint density at radius 2 is 2.24 bits per heavy atom. The summed E-state index contributed by atoms with van der Waals surface area (Å²) in [6.07, 6.45) is 1.73. The Bertz CT molecular complexity index is 593. The normalized spacial score (nSPS) is 18.8. The molecule has 0 aromatic heterocycles. The predicted octanol–water partition coefficient (Wildman–Crippen LogP) is 1.23. The number of benzene rings is 1. The third kappa shape index (κ3) is 5.11. The standard InChI is InChI=1S/C14H19NO5S/c16-14(17)13-3-1-2-12(8-13)10-21(18,19)15-6-4-11-5-7-20-9-11/h1-3,8,11,15H,4-7,9-10H2,(H,16,17). The highest BCUT2D eigenvalue weighted by Crippen LogP contribution is 2.15. The average molecular weight is 313 g/mol. The molecular weight excluding hydrogens is 294 g/mol. The summed E-state index contributed by atoms with van der Waals surface area (Å²) in [4.78, 5) is 10.9. The quantitative estimate of drug-likeness (QED) is 0.790. The first-order valence-corrected chi connectivity index (χ1v) is 8.49. The Balaban J connectivity index is 1.87. The van der Waals surface area contributed by atoms with Crippen LogP contribution < -0.4 is 4.72 Å². The van der Waals surface area contributed by atoms with Crippen LogP contribution in [0, 0.1) is 5.92 Å². The second-order valence-electron chi connectivity index (χ2n) is 5.18. The highest BCUT2D eigenvalue weighted by Gasteiger charge is 2.17. The highest BCUT2D eigenvalue weighted by atomic mass is 32.2. The van der Waals surface area contributed by atoms with Gasteiger partial charge in [-0.15, -0.1) is 0 Å². The van der Waals surface area contributed by atoms with Crippen LogP contribution in [0.2, 0.25) is 0 Å². The molecule has 2 N–H and O–H groups in total. The van der Waals surface area contributed by atoms with E-state index in [0.717, 1.165) is 19.4 Å². The van der Waals surface area contributed by atoms with E-state index >= 15 is 0 Å². The van der Waals surface area contributed by atoms with E-state index in [9.17, 15) is 13.2 Å². The zero-order valence-electron chi connectivity index (χ0n) is 11.6. The molecule has 0 amide bonds. The smallest absolute Gasteiger partial charge is 0.335 e. The third-order valence-corrected chi connectivity index (χ3v) is 4.79. The SMILES string of the molecule is O=C(O)c1cccc(CS(=O)(=O)NCCC2CCOC2)c1. The Kier molecular flexibility index (Phi) is 5.33. The summed E-state index contributed by atoms with van der Waals surface area (Å²) in [5.41, 5.74) is 0.553. The predicted molar refractivity (Wildman–Crippen MR) is 77.6 cm³/mol. The van der Waals surface area contributed by atoms with Crippen molar-refractivity contribution in [2.45, 2.75) is 18.6 Å². The van der Waals surface area contributed by atoms with Crippen molar-refractivity contribution in [2.75, 3.05) is 19.8 Å². The first-order chi connectivity index (χ1) is 9.96. The van der Waals surface area contributed by atoms with E-state index in [0.29, 0.717) is 24.6 Å². The van der Waals surface area contributed by atoms with E-state index in [1.165, 1.54) is 12.1 Å². The molecule has 0 aliphatic carbocycles. The maximum absolute atomic E-state index is 12.0. The molecule has 1 aromatic carbocycles. The van der Waals surface area contributed by atoms with Crippen molar-refractivity contribution in [3.8, 4) is 0 Å². The fourth-order valence-corrected chi connectivity index (χ4v) is 3.44. The lowest BCUT2D eigenvalue weighted by molar-refractivity contribution is 0.0696. The first-order valence-electron chi connectivity index (χ1n) is 6.83. The molecule has 1 unspecified atom stereocenters. The molecule has 21 heavy (non-hydrogen) atoms. The number of carboxylic acid groups (broad SMARTS) is 1. The summed E-state index contributed by atoms with van der Waals surface area (Å²) < 4.78 is 31.7. The van der Waals surface area contributed by atoms with Gasteiger partial charge in [0, 0.05) is 19.8 Å². The minimum absolute atomic E-state index is 0.0887. The molecule has 2 rings (SSSR count). The van der Waals surface area contributed by atoms with Crippen molar-refractivity contribution in [1.82, 2.24) is 4.72 Å². The molecule has 1 aliphatic heterocycles. The van der Waals surface area contributed by atoms with Crippen LogP contribution in [-0.4, -0.2) is 39.3 Å². The van der Waals surface area contributed by atoms with Gasteiger partial charge in [-0.3, -0.25) is 0 Å². The van der Waals surface area contributed by atoms with Gasteiger partial charge in [0.25, 0.3) is 0 Å². The fraction of sp³-hybridized carbons (Fsp3) is 0.500. The van der Waals surface area contributed by atoms with Crippen LogP contribution in [0.15, 0.2) is 24.3 Å². The molecule has 6 nitrogen and oxygen atoms in total. The molecule has 1 heterocycles. The molecule has 1 atom stereocenters. The maximum Gasteiger partial charge on any atom is 0.335 e. The second kappa shape index (κ2) is 7.02. The minimum Gasteiger partial charge on any atom is -0.478 e. The van der Waals surface area contributed by atoms with Crippen LogP contribution in [-0.2, 0) is 20.5 Å². The summed E-state index contributed by atoms with van der Waals surface area (Å²) in [6, 6.07) is 5.97. The number of hydrogen-bond acceptors (Lipinski definition) is 4. The molecule has 0 bridgehead atoms. The minimum atomic E-state index is -3.45. The van der Waals surface area contributed by atoms with Gasteiger partial charge in [0.2, 0.25) is 10.0 Å². The third-order valence-electron chi connectivity index (χ3n) is 3.43. The summed E-state index contributed by atoms with van der Waals surface area (Å²) in [5.74, 6) is -0.860. The number of carbonyl (C=O) groups is 1. The number of ether oxygens (including phenoxy) is 1. The zero-order chi connectivity index (χ0) is 15.3. The molecule has 0 radical (unpaired) electrons. The number of carboxylic acids is 1. The van der Waals surface area contributed by atoms with Crippen LogP contribution in [0.25, 0.3) is 0 Å². The van der Waals surface area contributed by atoms with Crippen molar-refractivity contribution in [3.63, 3.8) is 0 Å². The van der Waals surface area contributed by atoms with Gasteiger partial charge in [0.05, 0.1) is 11.3 Å². The number of rotatable bonds is 7. The molecular formula is C14H19NO5S. The maximum atomic E-state index is 12.0. The van der Waals surface area contributed by atoms with Gasteiger partial charge >= 0.3 is 5.97 Å². The molecule has 0 saturated carbocycles. The van der Waals surface area contributed by atoms with E-state index < -0.39 is 16.0 Å². The Hall–Kier alpha value is -1.44. The van der Waals surface area contributed by atoms with E-state index in [4.69, 9.17) is 9.84 Å². The Labute approximate surface area is 124 Å². The van der Waals surface area contributed by atoms with Gasteiger partial charge in [0.1, 0.15) is 0 Å². The van der Waals surface area contributed by atoms with Gasteiger partial charge in [-0.2, -0.15) is 0 Å². The molecule has 7 heteroatoms. The van der Waals surface area contributed by atoms with Crippen molar-refractivity contribution in [2.24, 2.45) is 5.92 Å². The van der Waals surface area contributed by atoms with Crippen molar-refractivity contribution >= 4 is 16.0 Å². The lowest BCUT2D eigenvalue weighted by atomic mass is 10.1. The van der Waals surface area contributed by atoms with Gasteiger partial charge in [-0.25, -0.2) is 17.9 Å². The van der Waals surface area contributed by atoms with Crippen LogP contribution >= 0.6 is 0 Å². The van der Waals surface area contributed by atoms with Crippen LogP contribution in [0.3, 0.4) is 0 Å².